The van der Waals surface area contributed by atoms with Crippen LogP contribution in [0, 0.1) is 0 Å². The van der Waals surface area contributed by atoms with Crippen molar-refractivity contribution in [1.29, 1.82) is 0 Å². The summed E-state index contributed by atoms with van der Waals surface area (Å²) in [6, 6.07) is 51.4. The third-order valence-electron chi connectivity index (χ3n) is 8.72. The zero-order chi connectivity index (χ0) is 30.1. The molecule has 0 bridgehead atoms. The minimum absolute atomic E-state index is 0.394. The Hall–Kier alpha value is -5.66. The Kier molecular flexibility index (Phi) is 4.83. The number of hydrogen-bond donors (Lipinski definition) is 0. The summed E-state index contributed by atoms with van der Waals surface area (Å²) in [6.07, 6.45) is 0. The molecule has 0 aliphatic carbocycles. The summed E-state index contributed by atoms with van der Waals surface area (Å²) in [5, 5.41) is 8.91. The molecule has 1 aromatic heterocycles. The first-order chi connectivity index (χ1) is 22.2. The number of fused-ring (bicyclic) bond motifs is 6. The molecule has 8 aromatic carbocycles. The van der Waals surface area contributed by atoms with Crippen LogP contribution in [-0.4, -0.2) is 0 Å². The first kappa shape index (κ1) is 22.0. The number of para-hydroxylation sites is 1. The lowest BCUT2D eigenvalue weighted by atomic mass is 9.83. The van der Waals surface area contributed by atoms with Crippen molar-refractivity contribution in [2.75, 3.05) is 0 Å². The predicted octanol–water partition coefficient (Wildman–Crippen LogP) is 12.0. The van der Waals surface area contributed by atoms with E-state index in [9.17, 15) is 0 Å². The lowest BCUT2D eigenvalue weighted by Gasteiger charge is -2.20. The molecule has 200 valence electrons. The molecule has 0 radical (unpaired) electrons. The van der Waals surface area contributed by atoms with Crippen molar-refractivity contribution < 1.29 is 7.16 Å². The highest BCUT2D eigenvalue weighted by Crippen LogP contribution is 2.48. The summed E-state index contributed by atoms with van der Waals surface area (Å²) in [5.41, 5.74) is 8.39. The van der Waals surface area contributed by atoms with Crippen molar-refractivity contribution >= 4 is 54.3 Å². The minimum atomic E-state index is 0.394. The van der Waals surface area contributed by atoms with E-state index >= 15 is 0 Å². The van der Waals surface area contributed by atoms with Gasteiger partial charge >= 0.3 is 0 Å². The van der Waals surface area contributed by atoms with Crippen molar-refractivity contribution in [2.24, 2.45) is 0 Å². The highest BCUT2D eigenvalue weighted by Gasteiger charge is 2.21. The average molecular weight is 549 g/mol. The van der Waals surface area contributed by atoms with Gasteiger partial charge in [0.2, 0.25) is 0 Å². The fourth-order valence-electron chi connectivity index (χ4n) is 6.87. The van der Waals surface area contributed by atoms with Crippen LogP contribution in [-0.2, 0) is 0 Å². The number of furan rings is 1. The van der Waals surface area contributed by atoms with Crippen LogP contribution >= 0.6 is 0 Å². The van der Waals surface area contributed by atoms with E-state index in [1.54, 1.807) is 6.07 Å². The molecule has 1 heteroatoms. The van der Waals surface area contributed by atoms with E-state index < -0.39 is 0 Å². The highest BCUT2D eigenvalue weighted by molar-refractivity contribution is 6.26. The lowest BCUT2D eigenvalue weighted by Crippen LogP contribution is -1.93. The fraction of sp³-hybridized carbons (Fsp3) is 0. The van der Waals surface area contributed by atoms with Gasteiger partial charge in [0.25, 0.3) is 0 Å². The SMILES string of the molecule is [2H]c1ccc2cc(-c3ccccc3-c3c4ccccc4c(-c4cccc5oc6c([2H])cccc6c45)c4ccccc34)ccc2c1. The van der Waals surface area contributed by atoms with E-state index in [2.05, 4.69) is 109 Å². The van der Waals surface area contributed by atoms with Crippen LogP contribution in [0.4, 0.5) is 0 Å². The minimum Gasteiger partial charge on any atom is -0.456 e. The van der Waals surface area contributed by atoms with Crippen molar-refractivity contribution in [3.8, 4) is 33.4 Å². The molecule has 0 fully saturated rings. The maximum Gasteiger partial charge on any atom is 0.136 e. The Labute approximate surface area is 252 Å². The predicted molar refractivity (Wildman–Crippen MR) is 183 cm³/mol. The van der Waals surface area contributed by atoms with Gasteiger partial charge in [0.05, 0.1) is 2.74 Å². The van der Waals surface area contributed by atoms with Crippen LogP contribution in [0.15, 0.2) is 162 Å². The Bertz CT molecular complexity index is 2570. The van der Waals surface area contributed by atoms with Crippen molar-refractivity contribution in [3.63, 3.8) is 0 Å². The van der Waals surface area contributed by atoms with Gasteiger partial charge in [-0.1, -0.05) is 140 Å². The van der Waals surface area contributed by atoms with Crippen LogP contribution in [0.2, 0.25) is 0 Å². The molecular weight excluding hydrogens is 520 g/mol. The van der Waals surface area contributed by atoms with Crippen molar-refractivity contribution in [3.05, 3.63) is 158 Å². The van der Waals surface area contributed by atoms with Gasteiger partial charge in [-0.2, -0.15) is 0 Å². The largest absolute Gasteiger partial charge is 0.456 e. The molecule has 0 spiro atoms. The average Bonchev–Trinajstić information content (AvgIpc) is 3.47. The Morgan fingerprint density at radius 2 is 1.05 bits per heavy atom. The van der Waals surface area contributed by atoms with Crippen LogP contribution in [0.25, 0.3) is 87.6 Å². The molecule has 1 heterocycles. The van der Waals surface area contributed by atoms with Gasteiger partial charge in [0.1, 0.15) is 11.2 Å². The summed E-state index contributed by atoms with van der Waals surface area (Å²) >= 11 is 0. The quantitative estimate of drug-likeness (QED) is 0.200. The topological polar surface area (TPSA) is 13.1 Å². The Morgan fingerprint density at radius 3 is 1.81 bits per heavy atom. The summed E-state index contributed by atoms with van der Waals surface area (Å²) in [5.74, 6) is 0. The summed E-state index contributed by atoms with van der Waals surface area (Å²) < 4.78 is 22.8. The van der Waals surface area contributed by atoms with Crippen LogP contribution < -0.4 is 0 Å². The molecule has 0 atom stereocenters. The molecule has 0 amide bonds. The van der Waals surface area contributed by atoms with E-state index in [0.717, 1.165) is 38.3 Å². The third kappa shape index (κ3) is 3.65. The van der Waals surface area contributed by atoms with Gasteiger partial charge in [-0.25, -0.2) is 0 Å². The third-order valence-corrected chi connectivity index (χ3v) is 8.72. The maximum atomic E-state index is 8.50. The zero-order valence-corrected chi connectivity index (χ0v) is 23.3. The normalized spacial score (nSPS) is 12.4. The van der Waals surface area contributed by atoms with Gasteiger partial charge in [-0.3, -0.25) is 0 Å². The molecule has 9 aromatic rings. The maximum absolute atomic E-state index is 8.50. The fourth-order valence-corrected chi connectivity index (χ4v) is 6.87. The van der Waals surface area contributed by atoms with Crippen molar-refractivity contribution in [1.82, 2.24) is 0 Å². The van der Waals surface area contributed by atoms with Gasteiger partial charge in [-0.15, -0.1) is 0 Å². The van der Waals surface area contributed by atoms with E-state index in [1.807, 2.05) is 30.3 Å². The van der Waals surface area contributed by atoms with E-state index in [1.165, 1.54) is 43.8 Å². The highest BCUT2D eigenvalue weighted by atomic mass is 16.3. The second kappa shape index (κ2) is 9.44. The van der Waals surface area contributed by atoms with Gasteiger partial charge in [0.15, 0.2) is 0 Å². The van der Waals surface area contributed by atoms with E-state index in [-0.39, 0.29) is 0 Å². The van der Waals surface area contributed by atoms with Crippen LogP contribution in [0.3, 0.4) is 0 Å². The van der Waals surface area contributed by atoms with Gasteiger partial charge in [0, 0.05) is 10.8 Å². The first-order valence-corrected chi connectivity index (χ1v) is 14.6. The van der Waals surface area contributed by atoms with Gasteiger partial charge < -0.3 is 4.42 Å². The smallest absolute Gasteiger partial charge is 0.136 e. The number of benzene rings is 8. The standard InChI is InChI=1S/C42H26O/c1-2-13-28-26-29(25-24-27(28)12-1)30-14-3-4-15-31(30)40-32-16-5-7-18-34(32)41(35-19-8-6-17-33(35)40)37-21-11-23-39-42(37)36-20-9-10-22-38(36)43-39/h1-26H/i1D,22D. The molecule has 43 heavy (non-hydrogen) atoms. The Morgan fingerprint density at radius 1 is 0.419 bits per heavy atom. The molecule has 9 rings (SSSR count). The lowest BCUT2D eigenvalue weighted by molar-refractivity contribution is 0.669. The first-order valence-electron chi connectivity index (χ1n) is 15.6. The monoisotopic (exact) mass is 548 g/mol. The molecule has 0 aliphatic heterocycles. The van der Waals surface area contributed by atoms with Crippen molar-refractivity contribution in [2.45, 2.75) is 0 Å². The molecule has 0 aliphatic rings. The van der Waals surface area contributed by atoms with Gasteiger partial charge in [-0.05, 0) is 83.9 Å². The molecular formula is C42H26O. The molecule has 0 N–H and O–H groups in total. The summed E-state index contributed by atoms with van der Waals surface area (Å²) in [4.78, 5) is 0. The molecule has 1 nitrogen and oxygen atoms in total. The zero-order valence-electron chi connectivity index (χ0n) is 25.3. The van der Waals surface area contributed by atoms with E-state index in [0.29, 0.717) is 17.7 Å². The van der Waals surface area contributed by atoms with Crippen LogP contribution in [0.1, 0.15) is 2.74 Å². The second-order valence-corrected chi connectivity index (χ2v) is 11.1. The summed E-state index contributed by atoms with van der Waals surface area (Å²) in [6.45, 7) is 0. The molecule has 0 saturated heterocycles. The van der Waals surface area contributed by atoms with E-state index in [4.69, 9.17) is 7.16 Å². The Balaban J connectivity index is 1.38. The molecule has 0 saturated carbocycles. The number of rotatable bonds is 3. The number of hydrogen-bond acceptors (Lipinski definition) is 1. The molecule has 0 unspecified atom stereocenters. The second-order valence-electron chi connectivity index (χ2n) is 11.1. The summed E-state index contributed by atoms with van der Waals surface area (Å²) in [7, 11) is 0. The van der Waals surface area contributed by atoms with Crippen LogP contribution in [0.5, 0.6) is 0 Å².